The molecule has 0 aliphatic heterocycles. The fourth-order valence-electron chi connectivity index (χ4n) is 2.24. The molecule has 0 radical (unpaired) electrons. The van der Waals surface area contributed by atoms with E-state index in [1.54, 1.807) is 24.3 Å². The van der Waals surface area contributed by atoms with Gasteiger partial charge in [-0.25, -0.2) is 0 Å². The fourth-order valence-corrected chi connectivity index (χ4v) is 2.24. The Morgan fingerprint density at radius 1 is 1.12 bits per heavy atom. The van der Waals surface area contributed by atoms with E-state index in [2.05, 4.69) is 5.32 Å². The van der Waals surface area contributed by atoms with Gasteiger partial charge in [-0.3, -0.25) is 4.79 Å². The van der Waals surface area contributed by atoms with Crippen molar-refractivity contribution in [1.29, 1.82) is 0 Å². The maximum Gasteiger partial charge on any atom is 0.251 e. The standard InChI is InChI=1S/C19H24N2O3/c1-13(2)24-17-9-7-15(8-10-17)18(22)12-21-19(23)16-5-3-14(11-20)4-6-16/h3-10,13,18,22H,11-12,20H2,1-2H3,(H,21,23). The van der Waals surface area contributed by atoms with Crippen LogP contribution in [0.1, 0.15) is 41.4 Å². The molecule has 0 aliphatic carbocycles. The lowest BCUT2D eigenvalue weighted by molar-refractivity contribution is 0.0916. The zero-order valence-corrected chi connectivity index (χ0v) is 14.0. The minimum absolute atomic E-state index is 0.103. The summed E-state index contributed by atoms with van der Waals surface area (Å²) in [6.07, 6.45) is -0.670. The second-order valence-electron chi connectivity index (χ2n) is 5.86. The SMILES string of the molecule is CC(C)Oc1ccc(C(O)CNC(=O)c2ccc(CN)cc2)cc1. The molecule has 0 heterocycles. The van der Waals surface area contributed by atoms with Crippen molar-refractivity contribution in [3.63, 3.8) is 0 Å². The van der Waals surface area contributed by atoms with Crippen molar-refractivity contribution < 1.29 is 14.6 Å². The van der Waals surface area contributed by atoms with E-state index in [9.17, 15) is 9.90 Å². The summed E-state index contributed by atoms with van der Waals surface area (Å²) in [7, 11) is 0. The minimum atomic E-state index is -0.773. The molecule has 5 nitrogen and oxygen atoms in total. The quantitative estimate of drug-likeness (QED) is 0.728. The van der Waals surface area contributed by atoms with Crippen LogP contribution in [0.2, 0.25) is 0 Å². The highest BCUT2D eigenvalue weighted by Gasteiger charge is 2.11. The van der Waals surface area contributed by atoms with E-state index in [1.807, 2.05) is 38.1 Å². The highest BCUT2D eigenvalue weighted by molar-refractivity contribution is 5.94. The van der Waals surface area contributed by atoms with Gasteiger partial charge in [-0.2, -0.15) is 0 Å². The summed E-state index contributed by atoms with van der Waals surface area (Å²) in [5.41, 5.74) is 7.77. The number of aliphatic hydroxyl groups is 1. The van der Waals surface area contributed by atoms with Crippen molar-refractivity contribution in [2.45, 2.75) is 32.6 Å². The Balaban J connectivity index is 1.89. The number of carbonyl (C=O) groups excluding carboxylic acids is 1. The molecule has 5 heteroatoms. The smallest absolute Gasteiger partial charge is 0.251 e. The molecule has 0 bridgehead atoms. The molecular weight excluding hydrogens is 304 g/mol. The topological polar surface area (TPSA) is 84.6 Å². The highest BCUT2D eigenvalue weighted by atomic mass is 16.5. The van der Waals surface area contributed by atoms with Crippen molar-refractivity contribution in [2.75, 3.05) is 6.54 Å². The number of nitrogens with two attached hydrogens (primary N) is 1. The van der Waals surface area contributed by atoms with Crippen LogP contribution in [-0.4, -0.2) is 23.7 Å². The molecule has 0 saturated heterocycles. The van der Waals surface area contributed by atoms with Gasteiger partial charge in [-0.05, 0) is 49.2 Å². The predicted molar refractivity (Wildman–Crippen MR) is 93.8 cm³/mol. The second-order valence-corrected chi connectivity index (χ2v) is 5.86. The number of benzene rings is 2. The first-order valence-electron chi connectivity index (χ1n) is 8.01. The molecule has 0 aliphatic rings. The molecule has 2 rings (SSSR count). The molecule has 2 aromatic carbocycles. The Kier molecular flexibility index (Phi) is 6.35. The van der Waals surface area contributed by atoms with Gasteiger partial charge in [0.15, 0.2) is 0 Å². The summed E-state index contributed by atoms with van der Waals surface area (Å²) in [5.74, 6) is 0.530. The van der Waals surface area contributed by atoms with Crippen LogP contribution in [0.3, 0.4) is 0 Å². The third-order valence-electron chi connectivity index (χ3n) is 3.54. The van der Waals surface area contributed by atoms with Crippen LogP contribution >= 0.6 is 0 Å². The average Bonchev–Trinajstić information content (AvgIpc) is 2.59. The monoisotopic (exact) mass is 328 g/mol. The van der Waals surface area contributed by atoms with E-state index in [-0.39, 0.29) is 18.6 Å². The fraction of sp³-hybridized carbons (Fsp3) is 0.316. The first-order chi connectivity index (χ1) is 11.5. The van der Waals surface area contributed by atoms with E-state index in [4.69, 9.17) is 10.5 Å². The van der Waals surface area contributed by atoms with Crippen molar-refractivity contribution in [2.24, 2.45) is 5.73 Å². The summed E-state index contributed by atoms with van der Waals surface area (Å²) < 4.78 is 5.56. The molecule has 4 N–H and O–H groups in total. The molecule has 128 valence electrons. The van der Waals surface area contributed by atoms with Gasteiger partial charge >= 0.3 is 0 Å². The lowest BCUT2D eigenvalue weighted by Gasteiger charge is -2.14. The number of nitrogens with one attached hydrogen (secondary N) is 1. The Labute approximate surface area is 142 Å². The molecule has 0 spiro atoms. The molecule has 24 heavy (non-hydrogen) atoms. The molecule has 0 saturated carbocycles. The van der Waals surface area contributed by atoms with Crippen molar-refractivity contribution >= 4 is 5.91 Å². The predicted octanol–water partition coefficient (Wildman–Crippen LogP) is 2.40. The summed E-state index contributed by atoms with van der Waals surface area (Å²) in [5, 5.41) is 12.9. The van der Waals surface area contributed by atoms with Crippen LogP contribution in [0.25, 0.3) is 0 Å². The third kappa shape index (κ3) is 5.08. The molecule has 1 unspecified atom stereocenters. The van der Waals surface area contributed by atoms with Crippen LogP contribution < -0.4 is 15.8 Å². The summed E-state index contributed by atoms with van der Waals surface area (Å²) in [4.78, 5) is 12.1. The lowest BCUT2D eigenvalue weighted by atomic mass is 10.1. The number of hydrogen-bond donors (Lipinski definition) is 3. The van der Waals surface area contributed by atoms with Crippen molar-refractivity contribution in [3.05, 3.63) is 65.2 Å². The van der Waals surface area contributed by atoms with Gasteiger partial charge in [0.25, 0.3) is 5.91 Å². The van der Waals surface area contributed by atoms with Crippen LogP contribution in [0.4, 0.5) is 0 Å². The maximum atomic E-state index is 12.1. The number of hydrogen-bond acceptors (Lipinski definition) is 4. The Bertz CT molecular complexity index is 651. The van der Waals surface area contributed by atoms with E-state index in [0.717, 1.165) is 16.9 Å². The number of rotatable bonds is 7. The third-order valence-corrected chi connectivity index (χ3v) is 3.54. The van der Waals surface area contributed by atoms with Crippen molar-refractivity contribution in [1.82, 2.24) is 5.32 Å². The van der Waals surface area contributed by atoms with Crippen LogP contribution in [0.5, 0.6) is 5.75 Å². The van der Waals surface area contributed by atoms with Crippen molar-refractivity contribution in [3.8, 4) is 5.75 Å². The first kappa shape index (κ1) is 18.0. The van der Waals surface area contributed by atoms with Gasteiger partial charge in [-0.15, -0.1) is 0 Å². The molecular formula is C19H24N2O3. The van der Waals surface area contributed by atoms with Crippen LogP contribution in [0.15, 0.2) is 48.5 Å². The Morgan fingerprint density at radius 2 is 1.75 bits per heavy atom. The van der Waals surface area contributed by atoms with Crippen LogP contribution in [-0.2, 0) is 6.54 Å². The first-order valence-corrected chi connectivity index (χ1v) is 8.01. The zero-order chi connectivity index (χ0) is 17.5. The molecule has 0 fully saturated rings. The normalized spacial score (nSPS) is 12.0. The molecule has 2 aromatic rings. The van der Waals surface area contributed by atoms with Gasteiger partial charge in [0.2, 0.25) is 0 Å². The summed E-state index contributed by atoms with van der Waals surface area (Å²) >= 11 is 0. The molecule has 1 amide bonds. The van der Waals surface area contributed by atoms with Gasteiger partial charge in [0.05, 0.1) is 12.2 Å². The van der Waals surface area contributed by atoms with Gasteiger partial charge in [0, 0.05) is 18.7 Å². The van der Waals surface area contributed by atoms with Crippen LogP contribution in [0, 0.1) is 0 Å². The van der Waals surface area contributed by atoms with E-state index >= 15 is 0 Å². The molecule has 0 aromatic heterocycles. The summed E-state index contributed by atoms with van der Waals surface area (Å²) in [6.45, 7) is 4.50. The van der Waals surface area contributed by atoms with E-state index < -0.39 is 6.10 Å². The number of carbonyl (C=O) groups is 1. The minimum Gasteiger partial charge on any atom is -0.491 e. The van der Waals surface area contributed by atoms with Gasteiger partial charge in [-0.1, -0.05) is 24.3 Å². The average molecular weight is 328 g/mol. The lowest BCUT2D eigenvalue weighted by Crippen LogP contribution is -2.28. The largest absolute Gasteiger partial charge is 0.491 e. The number of ether oxygens (including phenoxy) is 1. The molecule has 1 atom stereocenters. The maximum absolute atomic E-state index is 12.1. The highest BCUT2D eigenvalue weighted by Crippen LogP contribution is 2.18. The van der Waals surface area contributed by atoms with E-state index in [1.165, 1.54) is 0 Å². The zero-order valence-electron chi connectivity index (χ0n) is 14.0. The number of aliphatic hydroxyl groups excluding tert-OH is 1. The Morgan fingerprint density at radius 3 is 2.29 bits per heavy atom. The van der Waals surface area contributed by atoms with Gasteiger partial charge < -0.3 is 20.9 Å². The van der Waals surface area contributed by atoms with E-state index in [0.29, 0.717) is 12.1 Å². The number of amides is 1. The summed E-state index contributed by atoms with van der Waals surface area (Å²) in [6, 6.07) is 14.3. The van der Waals surface area contributed by atoms with Gasteiger partial charge in [0.1, 0.15) is 5.75 Å². The Hall–Kier alpha value is -2.37. The second kappa shape index (κ2) is 8.47.